The van der Waals surface area contributed by atoms with Crippen LogP contribution in [0.3, 0.4) is 0 Å². The SMILES string of the molecule is CCCCc1cccc(C(O)CC2(F)C(F)(F)C(F)(F)C(F)(F)C2(F)F)c1. The lowest BCUT2D eigenvalue weighted by Gasteiger charge is -2.32. The molecule has 0 aliphatic heterocycles. The first kappa shape index (κ1) is 21.8. The Kier molecular flexibility index (Phi) is 5.31. The maximum atomic E-state index is 14.5. The molecule has 1 aromatic carbocycles. The van der Waals surface area contributed by atoms with E-state index in [2.05, 4.69) is 0 Å². The van der Waals surface area contributed by atoms with Crippen LogP contribution in [0.4, 0.5) is 39.5 Å². The highest BCUT2D eigenvalue weighted by atomic mass is 19.4. The first-order valence-corrected chi connectivity index (χ1v) is 8.14. The van der Waals surface area contributed by atoms with Crippen molar-refractivity contribution in [3.05, 3.63) is 35.4 Å². The smallest absolute Gasteiger partial charge is 0.381 e. The van der Waals surface area contributed by atoms with Crippen LogP contribution in [0.25, 0.3) is 0 Å². The van der Waals surface area contributed by atoms with Gasteiger partial charge in [0.1, 0.15) is 0 Å². The van der Waals surface area contributed by atoms with Gasteiger partial charge in [0.25, 0.3) is 5.67 Å². The Morgan fingerprint density at radius 1 is 0.852 bits per heavy atom. The summed E-state index contributed by atoms with van der Waals surface area (Å²) in [5, 5.41) is 9.90. The number of rotatable bonds is 6. The molecule has 2 rings (SSSR count). The van der Waals surface area contributed by atoms with Crippen LogP contribution >= 0.6 is 0 Å². The molecule has 1 nitrogen and oxygen atoms in total. The predicted molar refractivity (Wildman–Crippen MR) is 78.3 cm³/mol. The molecule has 0 saturated heterocycles. The monoisotopic (exact) mass is 408 g/mol. The van der Waals surface area contributed by atoms with Crippen molar-refractivity contribution in [1.82, 2.24) is 0 Å². The number of aryl methyl sites for hydroxylation is 1. The van der Waals surface area contributed by atoms with E-state index in [9.17, 15) is 44.6 Å². The number of alkyl halides is 9. The normalized spacial score (nSPS) is 25.3. The van der Waals surface area contributed by atoms with Gasteiger partial charge in [0.2, 0.25) is 0 Å². The summed E-state index contributed by atoms with van der Waals surface area (Å²) in [4.78, 5) is 0. The van der Waals surface area contributed by atoms with Crippen molar-refractivity contribution >= 4 is 0 Å². The molecule has 1 N–H and O–H groups in total. The van der Waals surface area contributed by atoms with Crippen LogP contribution in [-0.4, -0.2) is 34.5 Å². The van der Waals surface area contributed by atoms with Crippen molar-refractivity contribution in [3.8, 4) is 0 Å². The summed E-state index contributed by atoms with van der Waals surface area (Å²) in [5.41, 5.74) is -5.40. The van der Waals surface area contributed by atoms with Crippen LogP contribution in [0.2, 0.25) is 0 Å². The van der Waals surface area contributed by atoms with E-state index >= 15 is 0 Å². The molecule has 1 aliphatic carbocycles. The van der Waals surface area contributed by atoms with Gasteiger partial charge in [-0.05, 0) is 24.0 Å². The van der Waals surface area contributed by atoms with Gasteiger partial charge in [0.05, 0.1) is 6.10 Å². The molecule has 0 heterocycles. The zero-order valence-corrected chi connectivity index (χ0v) is 14.1. The molecule has 1 unspecified atom stereocenters. The topological polar surface area (TPSA) is 20.2 Å². The Morgan fingerprint density at radius 2 is 1.37 bits per heavy atom. The van der Waals surface area contributed by atoms with Crippen LogP contribution in [0, 0.1) is 0 Å². The quantitative estimate of drug-likeness (QED) is 0.598. The number of aliphatic hydroxyl groups excluding tert-OH is 1. The van der Waals surface area contributed by atoms with E-state index in [1.54, 1.807) is 6.07 Å². The van der Waals surface area contributed by atoms with Crippen molar-refractivity contribution in [2.45, 2.75) is 68.1 Å². The molecule has 0 spiro atoms. The van der Waals surface area contributed by atoms with Crippen LogP contribution < -0.4 is 0 Å². The van der Waals surface area contributed by atoms with E-state index in [0.29, 0.717) is 18.4 Å². The van der Waals surface area contributed by atoms with Crippen molar-refractivity contribution in [2.75, 3.05) is 0 Å². The molecule has 0 radical (unpaired) electrons. The molecular weight excluding hydrogens is 391 g/mol. The van der Waals surface area contributed by atoms with E-state index in [-0.39, 0.29) is 5.56 Å². The number of unbranched alkanes of at least 4 members (excludes halogenated alkanes) is 1. The fraction of sp³-hybridized carbons (Fsp3) is 0.647. The van der Waals surface area contributed by atoms with Gasteiger partial charge in [-0.2, -0.15) is 35.1 Å². The minimum Gasteiger partial charge on any atom is -0.388 e. The number of benzene rings is 1. The molecule has 1 saturated carbocycles. The van der Waals surface area contributed by atoms with Gasteiger partial charge in [-0.1, -0.05) is 37.6 Å². The molecule has 0 aromatic heterocycles. The summed E-state index contributed by atoms with van der Waals surface area (Å²) in [5.74, 6) is -26.0. The fourth-order valence-corrected chi connectivity index (χ4v) is 3.07. The van der Waals surface area contributed by atoms with Crippen molar-refractivity contribution < 1.29 is 44.6 Å². The number of hydrogen-bond acceptors (Lipinski definition) is 1. The number of aliphatic hydroxyl groups is 1. The third-order valence-electron chi connectivity index (χ3n) is 4.81. The largest absolute Gasteiger partial charge is 0.388 e. The van der Waals surface area contributed by atoms with E-state index in [1.165, 1.54) is 12.1 Å². The maximum absolute atomic E-state index is 14.5. The first-order valence-electron chi connectivity index (χ1n) is 8.14. The lowest BCUT2D eigenvalue weighted by molar-refractivity contribution is -0.303. The Labute approximate surface area is 149 Å². The van der Waals surface area contributed by atoms with Crippen molar-refractivity contribution in [1.29, 1.82) is 0 Å². The molecule has 1 aromatic rings. The van der Waals surface area contributed by atoms with Crippen LogP contribution in [-0.2, 0) is 6.42 Å². The number of hydrogen-bond donors (Lipinski definition) is 1. The van der Waals surface area contributed by atoms with E-state index in [0.717, 1.165) is 12.5 Å². The molecule has 0 amide bonds. The molecule has 154 valence electrons. The second kappa shape index (κ2) is 6.56. The van der Waals surface area contributed by atoms with Crippen LogP contribution in [0.5, 0.6) is 0 Å². The summed E-state index contributed by atoms with van der Waals surface area (Å²) in [7, 11) is 0. The van der Waals surface area contributed by atoms with Crippen molar-refractivity contribution in [2.24, 2.45) is 0 Å². The van der Waals surface area contributed by atoms with Crippen LogP contribution in [0.15, 0.2) is 24.3 Å². The maximum Gasteiger partial charge on any atom is 0.381 e. The molecular formula is C17H17F9O. The van der Waals surface area contributed by atoms with Gasteiger partial charge in [-0.25, -0.2) is 4.39 Å². The Balaban J connectivity index is 2.40. The molecule has 1 fully saturated rings. The second-order valence-corrected chi connectivity index (χ2v) is 6.67. The number of halogens is 9. The van der Waals surface area contributed by atoms with E-state index in [4.69, 9.17) is 0 Å². The van der Waals surface area contributed by atoms with Crippen molar-refractivity contribution in [3.63, 3.8) is 0 Å². The lowest BCUT2D eigenvalue weighted by Crippen LogP contribution is -2.55. The summed E-state index contributed by atoms with van der Waals surface area (Å²) in [6.45, 7) is 1.87. The Bertz CT molecular complexity index is 661. The minimum absolute atomic E-state index is 0.314. The third kappa shape index (κ3) is 2.82. The summed E-state index contributed by atoms with van der Waals surface area (Å²) in [6, 6.07) is 5.16. The highest BCUT2D eigenvalue weighted by molar-refractivity contribution is 5.30. The molecule has 10 heteroatoms. The minimum atomic E-state index is -6.62. The van der Waals surface area contributed by atoms with Gasteiger partial charge in [0, 0.05) is 6.42 Å². The lowest BCUT2D eigenvalue weighted by atomic mass is 9.87. The van der Waals surface area contributed by atoms with Gasteiger partial charge < -0.3 is 5.11 Å². The second-order valence-electron chi connectivity index (χ2n) is 6.67. The predicted octanol–water partition coefficient (Wildman–Crippen LogP) is 5.72. The summed E-state index contributed by atoms with van der Waals surface area (Å²) in [6.07, 6.45) is -2.79. The average molecular weight is 408 g/mol. The zero-order valence-electron chi connectivity index (χ0n) is 14.1. The Morgan fingerprint density at radius 3 is 1.85 bits per heavy atom. The molecule has 0 bridgehead atoms. The highest BCUT2D eigenvalue weighted by Gasteiger charge is 3.00. The van der Waals surface area contributed by atoms with Gasteiger partial charge >= 0.3 is 23.7 Å². The third-order valence-corrected chi connectivity index (χ3v) is 4.81. The highest BCUT2D eigenvalue weighted by Crippen LogP contribution is 2.70. The zero-order chi connectivity index (χ0) is 20.9. The fourth-order valence-electron chi connectivity index (χ4n) is 3.07. The van der Waals surface area contributed by atoms with E-state index in [1.807, 2.05) is 6.92 Å². The Hall–Kier alpha value is -1.45. The van der Waals surface area contributed by atoms with Gasteiger partial charge in [-0.3, -0.25) is 0 Å². The van der Waals surface area contributed by atoms with Gasteiger partial charge in [-0.15, -0.1) is 0 Å². The van der Waals surface area contributed by atoms with Gasteiger partial charge in [0.15, 0.2) is 0 Å². The van der Waals surface area contributed by atoms with Crippen LogP contribution in [0.1, 0.15) is 43.4 Å². The average Bonchev–Trinajstić information content (AvgIpc) is 2.63. The summed E-state index contributed by atoms with van der Waals surface area (Å²) >= 11 is 0. The molecule has 1 atom stereocenters. The summed E-state index contributed by atoms with van der Waals surface area (Å²) < 4.78 is 122. The standard InChI is InChI=1S/C17H17F9O/c1-2-3-5-10-6-4-7-11(8-10)12(27)9-13(18)14(19,20)16(23,24)17(25,26)15(13,21)22/h4,6-8,12,27H,2-3,5,9H2,1H3. The van der Waals surface area contributed by atoms with E-state index < -0.39 is 41.9 Å². The molecule has 27 heavy (non-hydrogen) atoms. The first-order chi connectivity index (χ1) is 12.2. The molecule has 1 aliphatic rings.